The number of rotatable bonds is 6. The van der Waals surface area contributed by atoms with Gasteiger partial charge in [-0.25, -0.2) is 8.42 Å². The number of sulfone groups is 1. The number of carbonyl (C=O) groups excluding carboxylic acids is 1. The first-order valence-electron chi connectivity index (χ1n) is 7.80. The smallest absolute Gasteiger partial charge is 0.216 e. The first-order valence-corrected chi connectivity index (χ1v) is 9.35. The first-order chi connectivity index (χ1) is 11.3. The molecule has 1 aromatic carbocycles. The Kier molecular flexibility index (Phi) is 5.72. The Morgan fingerprint density at radius 2 is 1.79 bits per heavy atom. The van der Waals surface area contributed by atoms with Gasteiger partial charge in [-0.2, -0.15) is 0 Å². The molecule has 0 saturated carbocycles. The Morgan fingerprint density at radius 3 is 2.29 bits per heavy atom. The molecule has 5 nitrogen and oxygen atoms in total. The van der Waals surface area contributed by atoms with Crippen LogP contribution >= 0.6 is 0 Å². The zero-order chi connectivity index (χ0) is 17.7. The third-order valence-electron chi connectivity index (χ3n) is 3.84. The molecule has 1 amide bonds. The van der Waals surface area contributed by atoms with Crippen molar-refractivity contribution < 1.29 is 13.2 Å². The highest BCUT2D eigenvalue weighted by atomic mass is 32.2. The van der Waals surface area contributed by atoms with Gasteiger partial charge >= 0.3 is 0 Å². The normalized spacial score (nSPS) is 12.8. The topological polar surface area (TPSA) is 76.1 Å². The molecule has 2 aromatic rings. The van der Waals surface area contributed by atoms with Crippen molar-refractivity contribution in [2.45, 2.75) is 36.8 Å². The molecular weight excluding hydrogens is 324 g/mol. The minimum absolute atomic E-state index is 0.00922. The Balaban J connectivity index is 2.41. The van der Waals surface area contributed by atoms with E-state index in [1.54, 1.807) is 30.5 Å². The molecule has 0 spiro atoms. The van der Waals surface area contributed by atoms with Crippen molar-refractivity contribution >= 4 is 15.7 Å². The second kappa shape index (κ2) is 7.57. The Morgan fingerprint density at radius 1 is 1.12 bits per heavy atom. The Hall–Kier alpha value is -2.21. The van der Waals surface area contributed by atoms with E-state index in [0.29, 0.717) is 11.5 Å². The standard InChI is InChI=1S/C18H22N2O3S/c1-13(2)15-6-8-17(9-7-15)24(22,23)18(12-20-14(3)21)16-5-4-10-19-11-16/h4-11,13,18H,12H2,1-3H3,(H,20,21)/t18-/m0/s1. The van der Waals surface area contributed by atoms with Gasteiger partial charge in [-0.15, -0.1) is 0 Å². The molecule has 0 aliphatic rings. The highest BCUT2D eigenvalue weighted by Gasteiger charge is 2.29. The zero-order valence-corrected chi connectivity index (χ0v) is 14.9. The number of pyridine rings is 1. The Bertz CT molecular complexity index is 785. The number of aromatic nitrogens is 1. The predicted octanol–water partition coefficient (Wildman–Crippen LogP) is 2.86. The van der Waals surface area contributed by atoms with E-state index in [2.05, 4.69) is 24.1 Å². The van der Waals surface area contributed by atoms with E-state index in [1.807, 2.05) is 12.1 Å². The number of nitrogens with one attached hydrogen (secondary N) is 1. The van der Waals surface area contributed by atoms with Gasteiger partial charge in [-0.1, -0.05) is 32.0 Å². The molecule has 0 aliphatic carbocycles. The van der Waals surface area contributed by atoms with Gasteiger partial charge in [0.15, 0.2) is 9.84 Å². The van der Waals surface area contributed by atoms with Crippen LogP contribution in [0.1, 0.15) is 43.1 Å². The van der Waals surface area contributed by atoms with Crippen molar-refractivity contribution in [3.8, 4) is 0 Å². The number of nitrogens with zero attached hydrogens (tertiary/aromatic N) is 1. The molecule has 2 rings (SSSR count). The minimum atomic E-state index is -3.65. The summed E-state index contributed by atoms with van der Waals surface area (Å²) in [5.41, 5.74) is 1.63. The zero-order valence-electron chi connectivity index (χ0n) is 14.1. The van der Waals surface area contributed by atoms with Crippen LogP contribution in [0.3, 0.4) is 0 Å². The molecule has 0 unspecified atom stereocenters. The van der Waals surface area contributed by atoms with E-state index >= 15 is 0 Å². The number of carbonyl (C=O) groups is 1. The van der Waals surface area contributed by atoms with E-state index in [1.165, 1.54) is 13.1 Å². The van der Waals surface area contributed by atoms with Gasteiger partial charge in [-0.3, -0.25) is 9.78 Å². The molecule has 0 bridgehead atoms. The quantitative estimate of drug-likeness (QED) is 0.872. The van der Waals surface area contributed by atoms with Crippen LogP contribution < -0.4 is 5.32 Å². The second-order valence-electron chi connectivity index (χ2n) is 5.98. The summed E-state index contributed by atoms with van der Waals surface area (Å²) in [6.45, 7) is 5.48. The van der Waals surface area contributed by atoms with Crippen molar-refractivity contribution in [3.05, 3.63) is 59.9 Å². The third-order valence-corrected chi connectivity index (χ3v) is 5.96. The van der Waals surface area contributed by atoms with Crippen LogP contribution in [0.5, 0.6) is 0 Å². The fourth-order valence-electron chi connectivity index (χ4n) is 2.42. The van der Waals surface area contributed by atoms with Crippen molar-refractivity contribution in [3.63, 3.8) is 0 Å². The number of amides is 1. The lowest BCUT2D eigenvalue weighted by atomic mass is 10.0. The van der Waals surface area contributed by atoms with Crippen LogP contribution in [0, 0.1) is 0 Å². The van der Waals surface area contributed by atoms with Crippen LogP contribution in [0.15, 0.2) is 53.7 Å². The number of benzene rings is 1. The molecule has 1 aromatic heterocycles. The number of hydrogen-bond acceptors (Lipinski definition) is 4. The summed E-state index contributed by atoms with van der Waals surface area (Å²) in [6.07, 6.45) is 3.11. The summed E-state index contributed by atoms with van der Waals surface area (Å²) >= 11 is 0. The van der Waals surface area contributed by atoms with E-state index in [-0.39, 0.29) is 17.3 Å². The molecule has 0 saturated heterocycles. The monoisotopic (exact) mass is 346 g/mol. The van der Waals surface area contributed by atoms with E-state index < -0.39 is 15.1 Å². The van der Waals surface area contributed by atoms with Crippen molar-refractivity contribution in [1.29, 1.82) is 0 Å². The maximum absolute atomic E-state index is 13.0. The first kappa shape index (κ1) is 18.1. The molecule has 6 heteroatoms. The summed E-state index contributed by atoms with van der Waals surface area (Å²) in [6, 6.07) is 10.3. The van der Waals surface area contributed by atoms with E-state index in [9.17, 15) is 13.2 Å². The fourth-order valence-corrected chi connectivity index (χ4v) is 4.06. The minimum Gasteiger partial charge on any atom is -0.355 e. The molecule has 1 heterocycles. The third kappa shape index (κ3) is 4.20. The highest BCUT2D eigenvalue weighted by molar-refractivity contribution is 7.91. The number of hydrogen-bond donors (Lipinski definition) is 1. The van der Waals surface area contributed by atoms with Gasteiger partial charge in [0.2, 0.25) is 5.91 Å². The van der Waals surface area contributed by atoms with Crippen molar-refractivity contribution in [1.82, 2.24) is 10.3 Å². The van der Waals surface area contributed by atoms with Crippen LogP contribution in [0.2, 0.25) is 0 Å². The molecule has 0 radical (unpaired) electrons. The van der Waals surface area contributed by atoms with Gasteiger partial charge in [0.1, 0.15) is 5.25 Å². The molecule has 1 atom stereocenters. The largest absolute Gasteiger partial charge is 0.355 e. The van der Waals surface area contributed by atoms with Crippen molar-refractivity contribution in [2.24, 2.45) is 0 Å². The predicted molar refractivity (Wildman–Crippen MR) is 93.4 cm³/mol. The summed E-state index contributed by atoms with van der Waals surface area (Å²) in [5, 5.41) is 1.73. The lowest BCUT2D eigenvalue weighted by Gasteiger charge is -2.18. The SMILES string of the molecule is CC(=O)NC[C@@H](c1cccnc1)S(=O)(=O)c1ccc(C(C)C)cc1. The van der Waals surface area contributed by atoms with Gasteiger partial charge < -0.3 is 5.32 Å². The van der Waals surface area contributed by atoms with Gasteiger partial charge in [-0.05, 0) is 35.2 Å². The van der Waals surface area contributed by atoms with Crippen LogP contribution in [0.4, 0.5) is 0 Å². The second-order valence-corrected chi connectivity index (χ2v) is 8.11. The van der Waals surface area contributed by atoms with Crippen LogP contribution in [-0.4, -0.2) is 25.9 Å². The highest BCUT2D eigenvalue weighted by Crippen LogP contribution is 2.29. The van der Waals surface area contributed by atoms with Gasteiger partial charge in [0.25, 0.3) is 0 Å². The maximum atomic E-state index is 13.0. The van der Waals surface area contributed by atoms with Crippen molar-refractivity contribution in [2.75, 3.05) is 6.54 Å². The van der Waals surface area contributed by atoms with Crippen LogP contribution in [-0.2, 0) is 14.6 Å². The summed E-state index contributed by atoms with van der Waals surface area (Å²) in [7, 11) is -3.65. The molecular formula is C18H22N2O3S. The summed E-state index contributed by atoms with van der Waals surface area (Å²) in [5.74, 6) is 0.0597. The molecule has 1 N–H and O–H groups in total. The molecule has 0 aliphatic heterocycles. The van der Waals surface area contributed by atoms with E-state index in [4.69, 9.17) is 0 Å². The van der Waals surface area contributed by atoms with Gasteiger partial charge in [0.05, 0.1) is 4.90 Å². The summed E-state index contributed by atoms with van der Waals surface area (Å²) in [4.78, 5) is 15.5. The molecule has 128 valence electrons. The van der Waals surface area contributed by atoms with E-state index in [0.717, 1.165) is 5.56 Å². The summed E-state index contributed by atoms with van der Waals surface area (Å²) < 4.78 is 26.1. The fraction of sp³-hybridized carbons (Fsp3) is 0.333. The van der Waals surface area contributed by atoms with Crippen LogP contribution in [0.25, 0.3) is 0 Å². The molecule has 24 heavy (non-hydrogen) atoms. The lowest BCUT2D eigenvalue weighted by Crippen LogP contribution is -2.30. The maximum Gasteiger partial charge on any atom is 0.216 e. The van der Waals surface area contributed by atoms with Gasteiger partial charge in [0, 0.05) is 25.9 Å². The lowest BCUT2D eigenvalue weighted by molar-refractivity contribution is -0.118. The Labute approximate surface area is 143 Å². The average Bonchev–Trinajstić information content (AvgIpc) is 2.55. The molecule has 0 fully saturated rings. The average molecular weight is 346 g/mol.